The molecule has 0 atom stereocenters. The van der Waals surface area contributed by atoms with Crippen molar-refractivity contribution in [1.82, 2.24) is 0 Å². The molecule has 0 spiro atoms. The van der Waals surface area contributed by atoms with Gasteiger partial charge in [0.25, 0.3) is 0 Å². The van der Waals surface area contributed by atoms with E-state index in [1.807, 2.05) is 0 Å². The predicted octanol–water partition coefficient (Wildman–Crippen LogP) is 0.962. The van der Waals surface area contributed by atoms with Gasteiger partial charge in [-0.05, 0) is 0 Å². The maximum atomic E-state index is 9.79. The highest BCUT2D eigenvalue weighted by molar-refractivity contribution is 9.11. The van der Waals surface area contributed by atoms with Gasteiger partial charge in [-0.1, -0.05) is 15.9 Å². The fourth-order valence-electron chi connectivity index (χ4n) is 0.102. The Balaban J connectivity index is 3.57. The molecule has 0 unspecified atom stereocenters. The smallest absolute Gasteiger partial charge is 0.412 e. The second-order valence-corrected chi connectivity index (χ2v) is 2.58. The third-order valence-corrected chi connectivity index (χ3v) is 0.862. The van der Waals surface area contributed by atoms with Crippen LogP contribution >= 0.6 is 23.8 Å². The maximum absolute atomic E-state index is 9.79. The standard InChI is InChI=1S/C2H4BrO4P/c3-1-2-7-8(4,5)6/h1-2H,(H2,4,5,6)/b2-1+. The van der Waals surface area contributed by atoms with Gasteiger partial charge in [0, 0.05) is 4.99 Å². The van der Waals surface area contributed by atoms with Crippen LogP contribution in [0.4, 0.5) is 0 Å². The van der Waals surface area contributed by atoms with E-state index < -0.39 is 7.82 Å². The first-order chi connectivity index (χ1) is 3.56. The average molecular weight is 203 g/mol. The fourth-order valence-corrected chi connectivity index (χ4v) is 0.596. The monoisotopic (exact) mass is 202 g/mol. The molecule has 0 aliphatic heterocycles. The first-order valence-corrected chi connectivity index (χ1v) is 4.00. The molecule has 0 amide bonds. The summed E-state index contributed by atoms with van der Waals surface area (Å²) in [5.74, 6) is 0. The zero-order chi connectivity index (χ0) is 6.62. The Kier molecular flexibility index (Phi) is 3.31. The van der Waals surface area contributed by atoms with Crippen molar-refractivity contribution in [1.29, 1.82) is 0 Å². The van der Waals surface area contributed by atoms with Gasteiger partial charge in [0.2, 0.25) is 0 Å². The normalized spacial score (nSPS) is 12.4. The Morgan fingerprint density at radius 2 is 2.12 bits per heavy atom. The van der Waals surface area contributed by atoms with E-state index in [4.69, 9.17) is 9.79 Å². The van der Waals surface area contributed by atoms with Gasteiger partial charge in [-0.25, -0.2) is 4.57 Å². The lowest BCUT2D eigenvalue weighted by Gasteiger charge is -1.97. The highest BCUT2D eigenvalue weighted by Crippen LogP contribution is 2.35. The predicted molar refractivity (Wildman–Crippen MR) is 31.2 cm³/mol. The summed E-state index contributed by atoms with van der Waals surface area (Å²) >= 11 is 2.75. The topological polar surface area (TPSA) is 66.8 Å². The SMILES string of the molecule is O=P(O)(O)O/C=C/Br. The number of hydrogen-bond donors (Lipinski definition) is 2. The largest absolute Gasteiger partial charge is 0.524 e. The van der Waals surface area contributed by atoms with E-state index in [1.165, 1.54) is 4.99 Å². The summed E-state index contributed by atoms with van der Waals surface area (Å²) in [6.45, 7) is 0. The van der Waals surface area contributed by atoms with Crippen molar-refractivity contribution in [2.45, 2.75) is 0 Å². The average Bonchev–Trinajstić information content (AvgIpc) is 1.59. The molecule has 0 aliphatic carbocycles. The van der Waals surface area contributed by atoms with Crippen LogP contribution in [0, 0.1) is 0 Å². The highest BCUT2D eigenvalue weighted by atomic mass is 79.9. The summed E-state index contributed by atoms with van der Waals surface area (Å²) in [5, 5.41) is 0. The van der Waals surface area contributed by atoms with E-state index in [-0.39, 0.29) is 0 Å². The van der Waals surface area contributed by atoms with Gasteiger partial charge in [0.1, 0.15) is 6.26 Å². The van der Waals surface area contributed by atoms with E-state index in [9.17, 15) is 4.57 Å². The number of halogens is 1. The second kappa shape index (κ2) is 3.25. The molecule has 2 N–H and O–H groups in total. The Labute approximate surface area is 54.5 Å². The van der Waals surface area contributed by atoms with Crippen molar-refractivity contribution < 1.29 is 18.9 Å². The van der Waals surface area contributed by atoms with Crippen LogP contribution in [0.2, 0.25) is 0 Å². The molecule has 0 bridgehead atoms. The van der Waals surface area contributed by atoms with Gasteiger partial charge >= 0.3 is 7.82 Å². The molecule has 0 aromatic carbocycles. The van der Waals surface area contributed by atoms with E-state index in [0.717, 1.165) is 6.26 Å². The Bertz CT molecular complexity index is 126. The highest BCUT2D eigenvalue weighted by Gasteiger charge is 2.10. The van der Waals surface area contributed by atoms with Crippen LogP contribution in [0.1, 0.15) is 0 Å². The summed E-state index contributed by atoms with van der Waals surface area (Å²) in [7, 11) is -4.30. The van der Waals surface area contributed by atoms with Crippen molar-refractivity contribution in [2.75, 3.05) is 0 Å². The number of phosphoric ester groups is 1. The lowest BCUT2D eigenvalue weighted by molar-refractivity contribution is 0.259. The first-order valence-electron chi connectivity index (χ1n) is 1.55. The van der Waals surface area contributed by atoms with Crippen LogP contribution in [0.15, 0.2) is 11.2 Å². The molecule has 0 aromatic rings. The molecule has 0 radical (unpaired) electrons. The Morgan fingerprint density at radius 1 is 1.62 bits per heavy atom. The van der Waals surface area contributed by atoms with Gasteiger partial charge in [0.15, 0.2) is 0 Å². The molecule has 48 valence electrons. The van der Waals surface area contributed by atoms with Crippen molar-refractivity contribution >= 4 is 23.8 Å². The van der Waals surface area contributed by atoms with E-state index in [1.54, 1.807) is 0 Å². The van der Waals surface area contributed by atoms with E-state index in [0.29, 0.717) is 0 Å². The van der Waals surface area contributed by atoms with Crippen LogP contribution in [-0.2, 0) is 9.09 Å². The summed E-state index contributed by atoms with van der Waals surface area (Å²) in [6.07, 6.45) is 0.862. The lowest BCUT2D eigenvalue weighted by Crippen LogP contribution is -1.75. The van der Waals surface area contributed by atoms with Gasteiger partial charge in [0.05, 0.1) is 0 Å². The fraction of sp³-hybridized carbons (Fsp3) is 0. The molecule has 4 nitrogen and oxygen atoms in total. The van der Waals surface area contributed by atoms with Crippen LogP contribution in [0.25, 0.3) is 0 Å². The second-order valence-electron chi connectivity index (χ2n) is 0.858. The molecule has 0 fully saturated rings. The van der Waals surface area contributed by atoms with Crippen molar-refractivity contribution in [2.24, 2.45) is 0 Å². The van der Waals surface area contributed by atoms with Crippen molar-refractivity contribution in [3.05, 3.63) is 11.2 Å². The van der Waals surface area contributed by atoms with E-state index in [2.05, 4.69) is 20.5 Å². The van der Waals surface area contributed by atoms with Gasteiger partial charge in [-0.15, -0.1) is 0 Å². The van der Waals surface area contributed by atoms with Gasteiger partial charge < -0.3 is 4.52 Å². The first kappa shape index (κ1) is 8.17. The molecule has 8 heavy (non-hydrogen) atoms. The molecule has 0 saturated heterocycles. The quantitative estimate of drug-likeness (QED) is 0.518. The minimum Gasteiger partial charge on any atom is -0.412 e. The summed E-state index contributed by atoms with van der Waals surface area (Å²) in [4.78, 5) is 17.1. The Hall–Kier alpha value is 0.170. The minimum atomic E-state index is -4.30. The summed E-state index contributed by atoms with van der Waals surface area (Å²) in [5.41, 5.74) is 0. The molecule has 6 heteroatoms. The van der Waals surface area contributed by atoms with Crippen molar-refractivity contribution in [3.8, 4) is 0 Å². The number of phosphoric acid groups is 1. The number of hydrogen-bond acceptors (Lipinski definition) is 2. The van der Waals surface area contributed by atoms with Crippen LogP contribution in [0.5, 0.6) is 0 Å². The lowest BCUT2D eigenvalue weighted by atomic mass is 11.2. The molecular weight excluding hydrogens is 199 g/mol. The minimum absolute atomic E-state index is 0.862. The molecule has 0 heterocycles. The molecule has 0 aliphatic rings. The third kappa shape index (κ3) is 6.17. The van der Waals surface area contributed by atoms with Crippen molar-refractivity contribution in [3.63, 3.8) is 0 Å². The molecular formula is C2H4BrO4P. The third-order valence-electron chi connectivity index (χ3n) is 0.250. The zero-order valence-electron chi connectivity index (χ0n) is 3.69. The molecule has 0 rings (SSSR count). The maximum Gasteiger partial charge on any atom is 0.524 e. The van der Waals surface area contributed by atoms with Gasteiger partial charge in [-0.3, -0.25) is 9.79 Å². The van der Waals surface area contributed by atoms with Crippen LogP contribution in [-0.4, -0.2) is 9.79 Å². The van der Waals surface area contributed by atoms with E-state index >= 15 is 0 Å². The van der Waals surface area contributed by atoms with Crippen LogP contribution < -0.4 is 0 Å². The van der Waals surface area contributed by atoms with Gasteiger partial charge in [-0.2, -0.15) is 0 Å². The zero-order valence-corrected chi connectivity index (χ0v) is 6.17. The summed E-state index contributed by atoms with van der Waals surface area (Å²) in [6, 6.07) is 0. The van der Waals surface area contributed by atoms with Crippen LogP contribution in [0.3, 0.4) is 0 Å². The number of rotatable bonds is 2. The molecule has 0 saturated carbocycles. The summed E-state index contributed by atoms with van der Waals surface area (Å²) < 4.78 is 13.6. The molecule has 0 aromatic heterocycles. The Morgan fingerprint density at radius 3 is 2.25 bits per heavy atom.